The number of carbonyl (C=O) groups excluding carboxylic acids is 3. The number of aliphatic carboxylic acids is 1. The second-order valence-corrected chi connectivity index (χ2v) is 14.3. The van der Waals surface area contributed by atoms with Crippen LogP contribution in [0.2, 0.25) is 0 Å². The van der Waals surface area contributed by atoms with Crippen molar-refractivity contribution >= 4 is 46.7 Å². The predicted molar refractivity (Wildman–Crippen MR) is 180 cm³/mol. The zero-order chi connectivity index (χ0) is 33.9. The highest BCUT2D eigenvalue weighted by Gasteiger charge is 2.54. The lowest BCUT2D eigenvalue weighted by Gasteiger charge is -2.50. The van der Waals surface area contributed by atoms with Gasteiger partial charge in [0.15, 0.2) is 12.2 Å². The van der Waals surface area contributed by atoms with Crippen molar-refractivity contribution in [3.05, 3.63) is 117 Å². The standard InChI is InChI=1S/C37H29NO9S2/c1-20-21(19-49-35-27(34(42)38(20)35)14-22(39)13-25-5-4-12-48-25)17-44-23-8-10-29-31(15-23)46-32-16-24(45-18-33(40)41)9-11-30(32)37(29)28-7-3-2-6-26(28)36(43)47-37/h2-12,15-16,27,35H,13-14,17-19H2,1H3,(H,40,41). The van der Waals surface area contributed by atoms with Crippen molar-refractivity contribution in [3.8, 4) is 23.0 Å². The van der Waals surface area contributed by atoms with Gasteiger partial charge in [0.1, 0.15) is 35.4 Å². The first-order valence-electron chi connectivity index (χ1n) is 15.7. The van der Waals surface area contributed by atoms with E-state index in [0.717, 1.165) is 16.1 Å². The van der Waals surface area contributed by atoms with Crippen LogP contribution in [0.3, 0.4) is 0 Å². The number of carboxylic acid groups (broad SMARTS) is 1. The third-order valence-corrected chi connectivity index (χ3v) is 11.6. The van der Waals surface area contributed by atoms with Crippen molar-refractivity contribution in [2.24, 2.45) is 5.92 Å². The summed E-state index contributed by atoms with van der Waals surface area (Å²) in [7, 11) is 0. The molecule has 4 aromatic rings. The molecule has 3 unspecified atom stereocenters. The lowest BCUT2D eigenvalue weighted by Crippen LogP contribution is -2.60. The second kappa shape index (κ2) is 12.1. The molecule has 3 atom stereocenters. The Morgan fingerprint density at radius 1 is 0.959 bits per heavy atom. The van der Waals surface area contributed by atoms with Crippen molar-refractivity contribution in [2.45, 2.75) is 30.7 Å². The molecular weight excluding hydrogens is 667 g/mol. The van der Waals surface area contributed by atoms with Crippen LogP contribution in [0.15, 0.2) is 89.4 Å². The van der Waals surface area contributed by atoms with Gasteiger partial charge in [0.05, 0.1) is 16.9 Å². The fourth-order valence-electron chi connectivity index (χ4n) is 6.92. The minimum atomic E-state index is -1.30. The van der Waals surface area contributed by atoms with Crippen LogP contribution in [0.4, 0.5) is 0 Å². The van der Waals surface area contributed by atoms with E-state index in [1.807, 2.05) is 42.6 Å². The van der Waals surface area contributed by atoms with Crippen LogP contribution in [0.1, 0.15) is 45.3 Å². The molecule has 1 N–H and O–H groups in total. The predicted octanol–water partition coefficient (Wildman–Crippen LogP) is 6.17. The molecule has 0 aliphatic carbocycles. The van der Waals surface area contributed by atoms with E-state index in [0.29, 0.717) is 51.7 Å². The topological polar surface area (TPSA) is 129 Å². The summed E-state index contributed by atoms with van der Waals surface area (Å²) < 4.78 is 24.2. The first kappa shape index (κ1) is 31.2. The molecule has 8 rings (SSSR count). The minimum absolute atomic E-state index is 0.0315. The van der Waals surface area contributed by atoms with Gasteiger partial charge in [-0.3, -0.25) is 9.59 Å². The molecule has 49 heavy (non-hydrogen) atoms. The van der Waals surface area contributed by atoms with Crippen LogP contribution in [0.25, 0.3) is 0 Å². The maximum Gasteiger partial charge on any atom is 0.341 e. The number of carboxylic acids is 1. The molecule has 0 radical (unpaired) electrons. The Morgan fingerprint density at radius 2 is 1.69 bits per heavy atom. The summed E-state index contributed by atoms with van der Waals surface area (Å²) in [4.78, 5) is 52.9. The quantitative estimate of drug-likeness (QED) is 0.152. The highest BCUT2D eigenvalue weighted by atomic mass is 32.2. The van der Waals surface area contributed by atoms with Gasteiger partial charge in [-0.15, -0.1) is 23.1 Å². The number of fused-ring (bicyclic) bond motifs is 7. The third kappa shape index (κ3) is 5.26. The van der Waals surface area contributed by atoms with Gasteiger partial charge < -0.3 is 29.0 Å². The highest BCUT2D eigenvalue weighted by molar-refractivity contribution is 8.00. The summed E-state index contributed by atoms with van der Waals surface area (Å²) >= 11 is 3.19. The van der Waals surface area contributed by atoms with E-state index in [4.69, 9.17) is 24.1 Å². The highest BCUT2D eigenvalue weighted by Crippen LogP contribution is 2.57. The molecule has 4 aliphatic heterocycles. The number of allylic oxidation sites excluding steroid dienone is 1. The molecule has 1 saturated heterocycles. The van der Waals surface area contributed by atoms with E-state index in [2.05, 4.69) is 0 Å². The summed E-state index contributed by atoms with van der Waals surface area (Å²) in [5.74, 6) is 0.371. The Hall–Kier alpha value is -5.07. The fraction of sp³-hybridized carbons (Fsp3) is 0.243. The van der Waals surface area contributed by atoms with E-state index in [9.17, 15) is 19.2 Å². The zero-order valence-electron chi connectivity index (χ0n) is 26.2. The number of rotatable bonds is 10. The molecule has 3 aromatic carbocycles. The third-order valence-electron chi connectivity index (χ3n) is 9.29. The Kier molecular flexibility index (Phi) is 7.72. The van der Waals surface area contributed by atoms with Gasteiger partial charge >= 0.3 is 11.9 Å². The minimum Gasteiger partial charge on any atom is -0.489 e. The molecule has 1 amide bonds. The van der Waals surface area contributed by atoms with Gasteiger partial charge in [-0.05, 0) is 54.3 Å². The number of β-lactam (4-membered cyclic amide) rings is 1. The molecule has 10 nitrogen and oxygen atoms in total. The number of esters is 1. The monoisotopic (exact) mass is 695 g/mol. The number of thioether (sulfide) groups is 1. The first-order valence-corrected chi connectivity index (χ1v) is 17.6. The zero-order valence-corrected chi connectivity index (χ0v) is 27.8. The maximum atomic E-state index is 13.2. The van der Waals surface area contributed by atoms with Gasteiger partial charge in [-0.2, -0.15) is 0 Å². The number of ether oxygens (including phenoxy) is 4. The SMILES string of the molecule is CC1=C(COc2ccc3c(c2)Oc2cc(OCC(=O)O)ccc2C32OC(=O)c3ccccc32)CSC2C(CC(=O)Cc3cccs3)C(=O)N12. The summed E-state index contributed by atoms with van der Waals surface area (Å²) in [5, 5.41) is 11.0. The molecule has 1 spiro atoms. The summed E-state index contributed by atoms with van der Waals surface area (Å²) in [6.45, 7) is 1.63. The number of amides is 1. The molecule has 4 aliphatic rings. The van der Waals surface area contributed by atoms with E-state index >= 15 is 0 Å². The molecule has 1 fully saturated rings. The molecule has 248 valence electrons. The number of Topliss-reactive ketones (excluding diaryl/α,β-unsaturated/α-hetero) is 1. The molecule has 0 saturated carbocycles. The Labute approximate surface area is 289 Å². The number of benzene rings is 3. The van der Waals surface area contributed by atoms with Crippen molar-refractivity contribution < 1.29 is 43.2 Å². The lowest BCUT2D eigenvalue weighted by atomic mass is 9.77. The van der Waals surface area contributed by atoms with Crippen LogP contribution < -0.4 is 14.2 Å². The fourth-order valence-corrected chi connectivity index (χ4v) is 9.18. The first-order chi connectivity index (χ1) is 23.7. The molecule has 1 aromatic heterocycles. The number of hydrogen-bond donors (Lipinski definition) is 1. The maximum absolute atomic E-state index is 13.2. The van der Waals surface area contributed by atoms with Gasteiger partial charge in [-0.25, -0.2) is 9.59 Å². The number of hydrogen-bond acceptors (Lipinski definition) is 10. The number of ketones is 1. The van der Waals surface area contributed by atoms with E-state index < -0.39 is 24.1 Å². The summed E-state index contributed by atoms with van der Waals surface area (Å²) in [6, 6.07) is 21.3. The second-order valence-electron chi connectivity index (χ2n) is 12.2. The van der Waals surface area contributed by atoms with E-state index in [-0.39, 0.29) is 41.8 Å². The molecule has 0 bridgehead atoms. The van der Waals surface area contributed by atoms with E-state index in [1.54, 1.807) is 70.5 Å². The Bertz CT molecular complexity index is 2070. The lowest BCUT2D eigenvalue weighted by molar-refractivity contribution is -0.149. The summed E-state index contributed by atoms with van der Waals surface area (Å²) in [6.07, 6.45) is 0.606. The molecule has 5 heterocycles. The smallest absolute Gasteiger partial charge is 0.341 e. The van der Waals surface area contributed by atoms with E-state index in [1.165, 1.54) is 0 Å². The average Bonchev–Trinajstić information content (AvgIpc) is 3.71. The van der Waals surface area contributed by atoms with Gasteiger partial charge in [0, 0.05) is 58.0 Å². The summed E-state index contributed by atoms with van der Waals surface area (Å²) in [5.41, 5.74) is 2.82. The van der Waals surface area contributed by atoms with Crippen LogP contribution >= 0.6 is 23.1 Å². The van der Waals surface area contributed by atoms with Crippen molar-refractivity contribution in [1.82, 2.24) is 4.90 Å². The van der Waals surface area contributed by atoms with Crippen LogP contribution in [0, 0.1) is 5.92 Å². The number of carbonyl (C=O) groups is 4. The number of thiophene rings is 1. The largest absolute Gasteiger partial charge is 0.489 e. The van der Waals surface area contributed by atoms with Crippen molar-refractivity contribution in [2.75, 3.05) is 19.0 Å². The van der Waals surface area contributed by atoms with Crippen LogP contribution in [0.5, 0.6) is 23.0 Å². The normalized spacial score (nSPS) is 21.5. The van der Waals surface area contributed by atoms with Crippen molar-refractivity contribution in [3.63, 3.8) is 0 Å². The Morgan fingerprint density at radius 3 is 2.41 bits per heavy atom. The molecule has 12 heteroatoms. The number of nitrogens with zero attached hydrogens (tertiary/aromatic N) is 1. The molecular formula is C37H29NO9S2. The van der Waals surface area contributed by atoms with Crippen LogP contribution in [-0.2, 0) is 31.1 Å². The van der Waals surface area contributed by atoms with Gasteiger partial charge in [0.25, 0.3) is 0 Å². The average molecular weight is 696 g/mol. The van der Waals surface area contributed by atoms with Crippen molar-refractivity contribution in [1.29, 1.82) is 0 Å². The van der Waals surface area contributed by atoms with Gasteiger partial charge in [0.2, 0.25) is 5.91 Å². The Balaban J connectivity index is 1.03. The van der Waals surface area contributed by atoms with Crippen LogP contribution in [-0.4, -0.2) is 58.0 Å². The van der Waals surface area contributed by atoms with Gasteiger partial charge in [-0.1, -0.05) is 24.3 Å².